The number of hydrogen-bond acceptors (Lipinski definition) is 3. The van der Waals surface area contributed by atoms with Crippen LogP contribution in [0.4, 0.5) is 25.0 Å². The molecule has 1 aliphatic carbocycles. The molecular weight excluding hydrogens is 414 g/mol. The molecular formula is C24H28F2N4O2. The molecule has 4 N–H and O–H groups in total. The van der Waals surface area contributed by atoms with Crippen LogP contribution in [0.25, 0.3) is 22.2 Å². The number of amides is 2. The minimum Gasteiger partial charge on any atom is -0.488 e. The summed E-state index contributed by atoms with van der Waals surface area (Å²) in [6, 6.07) is 12.6. The van der Waals surface area contributed by atoms with Crippen molar-refractivity contribution in [1.29, 1.82) is 0 Å². The van der Waals surface area contributed by atoms with Crippen molar-refractivity contribution in [2.24, 2.45) is 5.92 Å². The van der Waals surface area contributed by atoms with Crippen molar-refractivity contribution in [2.75, 3.05) is 17.7 Å². The number of nitrogens with two attached hydrogens (primary N) is 1. The second-order valence-electron chi connectivity index (χ2n) is 8.53. The summed E-state index contributed by atoms with van der Waals surface area (Å²) >= 11 is 0. The summed E-state index contributed by atoms with van der Waals surface area (Å²) in [7, 11) is 0. The third-order valence-corrected chi connectivity index (χ3v) is 5.42. The van der Waals surface area contributed by atoms with Crippen LogP contribution in [0.15, 0.2) is 42.5 Å². The van der Waals surface area contributed by atoms with Gasteiger partial charge < -0.3 is 25.7 Å². The van der Waals surface area contributed by atoms with Crippen LogP contribution in [-0.4, -0.2) is 29.7 Å². The number of nitrogens with zero attached hydrogens (tertiary/aromatic N) is 1. The normalized spacial score (nSPS) is 13.7. The minimum atomic E-state index is -2.53. The summed E-state index contributed by atoms with van der Waals surface area (Å²) in [5, 5.41) is 6.47. The Morgan fingerprint density at radius 2 is 1.91 bits per heavy atom. The lowest BCUT2D eigenvalue weighted by Gasteiger charge is -2.13. The molecule has 8 heteroatoms. The molecule has 1 aliphatic rings. The first-order valence-corrected chi connectivity index (χ1v) is 10.8. The molecule has 0 unspecified atom stereocenters. The molecule has 0 saturated heterocycles. The van der Waals surface area contributed by atoms with E-state index < -0.39 is 13.0 Å². The molecule has 0 radical (unpaired) electrons. The number of nitrogen functional groups attached to an aromatic ring is 1. The molecule has 2 amide bonds. The minimum absolute atomic E-state index is 0.0433. The van der Waals surface area contributed by atoms with Gasteiger partial charge in [-0.25, -0.2) is 13.6 Å². The van der Waals surface area contributed by atoms with Crippen LogP contribution in [0.3, 0.4) is 0 Å². The molecule has 32 heavy (non-hydrogen) atoms. The number of ether oxygens (including phenoxy) is 1. The predicted octanol–water partition coefficient (Wildman–Crippen LogP) is 5.47. The number of benzene rings is 2. The number of rotatable bonds is 8. The summed E-state index contributed by atoms with van der Waals surface area (Å²) in [5.41, 5.74) is 10.5. The van der Waals surface area contributed by atoms with Crippen molar-refractivity contribution < 1.29 is 18.3 Å². The van der Waals surface area contributed by atoms with Crippen molar-refractivity contribution in [2.45, 2.75) is 45.7 Å². The highest BCUT2D eigenvalue weighted by Gasteiger charge is 2.26. The van der Waals surface area contributed by atoms with Gasteiger partial charge in [0.1, 0.15) is 12.4 Å². The molecule has 2 aromatic carbocycles. The van der Waals surface area contributed by atoms with Crippen LogP contribution in [0, 0.1) is 5.92 Å². The average Bonchev–Trinajstić information content (AvgIpc) is 3.51. The number of aromatic nitrogens is 1. The zero-order valence-electron chi connectivity index (χ0n) is 18.2. The molecule has 170 valence electrons. The van der Waals surface area contributed by atoms with Crippen molar-refractivity contribution in [1.82, 2.24) is 9.88 Å². The molecule has 1 heterocycles. The third kappa shape index (κ3) is 4.95. The predicted molar refractivity (Wildman–Crippen MR) is 123 cm³/mol. The third-order valence-electron chi connectivity index (χ3n) is 5.42. The quantitative estimate of drug-likeness (QED) is 0.432. The lowest BCUT2D eigenvalue weighted by Crippen LogP contribution is -2.34. The van der Waals surface area contributed by atoms with Crippen LogP contribution >= 0.6 is 0 Å². The SMILES string of the molecule is CC(C)NC(=O)Nc1ccc(-c2c(N)c3ccc(OCC(F)F)cc3n2CC2CC2)cc1. The Morgan fingerprint density at radius 3 is 2.53 bits per heavy atom. The maximum Gasteiger partial charge on any atom is 0.319 e. The number of carbonyl (C=O) groups excluding carboxylic acids is 1. The van der Waals surface area contributed by atoms with Gasteiger partial charge in [-0.05, 0) is 56.9 Å². The topological polar surface area (TPSA) is 81.3 Å². The van der Waals surface area contributed by atoms with Crippen LogP contribution in [0.1, 0.15) is 26.7 Å². The number of hydrogen-bond donors (Lipinski definition) is 3. The number of nitrogens with one attached hydrogen (secondary N) is 2. The smallest absolute Gasteiger partial charge is 0.319 e. The largest absolute Gasteiger partial charge is 0.488 e. The maximum atomic E-state index is 12.6. The fourth-order valence-corrected chi connectivity index (χ4v) is 3.81. The Morgan fingerprint density at radius 1 is 1.19 bits per heavy atom. The van der Waals surface area contributed by atoms with E-state index in [0.29, 0.717) is 23.0 Å². The van der Waals surface area contributed by atoms with Gasteiger partial charge in [0.05, 0.1) is 16.9 Å². The molecule has 0 spiro atoms. The van der Waals surface area contributed by atoms with E-state index in [2.05, 4.69) is 15.2 Å². The van der Waals surface area contributed by atoms with Crippen molar-refractivity contribution in [3.63, 3.8) is 0 Å². The van der Waals surface area contributed by atoms with Gasteiger partial charge in [-0.3, -0.25) is 0 Å². The van der Waals surface area contributed by atoms with Gasteiger partial charge in [-0.2, -0.15) is 0 Å². The molecule has 6 nitrogen and oxygen atoms in total. The van der Waals surface area contributed by atoms with E-state index in [-0.39, 0.29) is 12.1 Å². The zero-order valence-corrected chi connectivity index (χ0v) is 18.2. The molecule has 1 fully saturated rings. The number of carbonyl (C=O) groups is 1. The Balaban J connectivity index is 1.67. The van der Waals surface area contributed by atoms with Crippen LogP contribution < -0.4 is 21.1 Å². The Hall–Kier alpha value is -3.29. The zero-order chi connectivity index (χ0) is 22.8. The van der Waals surface area contributed by atoms with Gasteiger partial charge in [0, 0.05) is 35.3 Å². The van der Waals surface area contributed by atoms with Crippen molar-refractivity contribution in [3.8, 4) is 17.0 Å². The molecule has 1 saturated carbocycles. The highest BCUT2D eigenvalue weighted by Crippen LogP contribution is 2.41. The van der Waals surface area contributed by atoms with Crippen LogP contribution in [0.5, 0.6) is 5.75 Å². The van der Waals surface area contributed by atoms with Gasteiger partial charge in [0.15, 0.2) is 0 Å². The lowest BCUT2D eigenvalue weighted by molar-refractivity contribution is 0.0819. The summed E-state index contributed by atoms with van der Waals surface area (Å²) < 4.78 is 32.5. The molecule has 0 atom stereocenters. The van der Waals surface area contributed by atoms with Crippen LogP contribution in [0.2, 0.25) is 0 Å². The summed E-state index contributed by atoms with van der Waals surface area (Å²) in [5.74, 6) is 0.977. The Bertz CT molecular complexity index is 1110. The van der Waals surface area contributed by atoms with Gasteiger partial charge >= 0.3 is 6.03 Å². The summed E-state index contributed by atoms with van der Waals surface area (Å²) in [6.45, 7) is 3.95. The van der Waals surface area contributed by atoms with Gasteiger partial charge in [-0.1, -0.05) is 12.1 Å². The fourth-order valence-electron chi connectivity index (χ4n) is 3.81. The van der Waals surface area contributed by atoms with E-state index in [4.69, 9.17) is 10.5 Å². The van der Waals surface area contributed by atoms with E-state index in [1.54, 1.807) is 12.1 Å². The lowest BCUT2D eigenvalue weighted by atomic mass is 10.1. The second kappa shape index (κ2) is 9.06. The second-order valence-corrected chi connectivity index (χ2v) is 8.53. The number of urea groups is 1. The molecule has 3 aromatic rings. The first-order valence-electron chi connectivity index (χ1n) is 10.8. The highest BCUT2D eigenvalue weighted by atomic mass is 19.3. The first-order chi connectivity index (χ1) is 15.3. The van der Waals surface area contributed by atoms with Crippen LogP contribution in [-0.2, 0) is 6.54 Å². The van der Waals surface area contributed by atoms with E-state index in [0.717, 1.165) is 41.5 Å². The number of fused-ring (bicyclic) bond motifs is 1. The van der Waals surface area contributed by atoms with Crippen molar-refractivity contribution >= 4 is 28.3 Å². The van der Waals surface area contributed by atoms with E-state index in [9.17, 15) is 13.6 Å². The summed E-state index contributed by atoms with van der Waals surface area (Å²) in [6.07, 6.45) is -0.206. The number of alkyl halides is 2. The molecule has 0 bridgehead atoms. The van der Waals surface area contributed by atoms with E-state index in [1.807, 2.05) is 44.2 Å². The molecule has 1 aromatic heterocycles. The number of halogens is 2. The summed E-state index contributed by atoms with van der Waals surface area (Å²) in [4.78, 5) is 12.0. The maximum absolute atomic E-state index is 12.6. The van der Waals surface area contributed by atoms with Gasteiger partial charge in [0.25, 0.3) is 6.43 Å². The fraction of sp³-hybridized carbons (Fsp3) is 0.375. The molecule has 4 rings (SSSR count). The Kier molecular flexibility index (Phi) is 6.21. The Labute approximate surface area is 185 Å². The number of anilines is 2. The highest BCUT2D eigenvalue weighted by molar-refractivity contribution is 6.01. The first kappa shape index (κ1) is 21.9. The van der Waals surface area contributed by atoms with E-state index >= 15 is 0 Å². The van der Waals surface area contributed by atoms with Crippen molar-refractivity contribution in [3.05, 3.63) is 42.5 Å². The van der Waals surface area contributed by atoms with E-state index in [1.165, 1.54) is 0 Å². The molecule has 0 aliphatic heterocycles. The van der Waals surface area contributed by atoms with Gasteiger partial charge in [0.2, 0.25) is 0 Å². The van der Waals surface area contributed by atoms with Gasteiger partial charge in [-0.15, -0.1) is 0 Å². The average molecular weight is 443 g/mol. The standard InChI is InChI=1S/C24H28F2N4O2/c1-14(2)28-24(31)29-17-7-5-16(6-8-17)23-22(27)19-10-9-18(32-13-21(25)26)11-20(19)30(23)12-15-3-4-15/h5-11,14-15,21H,3-4,12-13,27H2,1-2H3,(H2,28,29,31). The monoisotopic (exact) mass is 442 g/mol.